The number of piperazine rings is 1. The summed E-state index contributed by atoms with van der Waals surface area (Å²) >= 11 is 0. The maximum Gasteiger partial charge on any atom is 0.253 e. The van der Waals surface area contributed by atoms with Crippen LogP contribution in [0.25, 0.3) is 16.8 Å². The number of carbonyl (C=O) groups is 1. The van der Waals surface area contributed by atoms with Gasteiger partial charge in [-0.1, -0.05) is 31.2 Å². The zero-order valence-corrected chi connectivity index (χ0v) is 15.5. The first-order chi connectivity index (χ1) is 13.2. The van der Waals surface area contributed by atoms with Crippen molar-refractivity contribution in [1.29, 1.82) is 0 Å². The summed E-state index contributed by atoms with van der Waals surface area (Å²) in [5.74, 6) is 0.121. The third-order valence-electron chi connectivity index (χ3n) is 5.13. The molecule has 1 aliphatic rings. The van der Waals surface area contributed by atoms with Crippen molar-refractivity contribution >= 4 is 5.91 Å². The highest BCUT2D eigenvalue weighted by Gasteiger charge is 2.21. The highest BCUT2D eigenvalue weighted by molar-refractivity contribution is 5.94. The topological polar surface area (TPSA) is 54.3 Å². The van der Waals surface area contributed by atoms with Crippen LogP contribution in [-0.2, 0) is 0 Å². The lowest BCUT2D eigenvalue weighted by Crippen LogP contribution is -2.48. The lowest BCUT2D eigenvalue weighted by atomic mass is 10.0. The summed E-state index contributed by atoms with van der Waals surface area (Å²) in [6.45, 7) is 6.72. The third-order valence-corrected chi connectivity index (χ3v) is 5.13. The quantitative estimate of drug-likeness (QED) is 0.717. The van der Waals surface area contributed by atoms with Crippen LogP contribution in [0.15, 0.2) is 61.2 Å². The number of likely N-dealkylation sites (N-methyl/N-ethyl adjacent to an activating group) is 1. The second kappa shape index (κ2) is 7.72. The van der Waals surface area contributed by atoms with Crippen LogP contribution in [-0.4, -0.2) is 63.2 Å². The summed E-state index contributed by atoms with van der Waals surface area (Å²) in [7, 11) is 0. The number of hydrogen-bond donors (Lipinski definition) is 0. The van der Waals surface area contributed by atoms with Gasteiger partial charge in [-0.2, -0.15) is 0 Å². The van der Waals surface area contributed by atoms with E-state index in [9.17, 15) is 4.79 Å². The van der Waals surface area contributed by atoms with Crippen molar-refractivity contribution in [1.82, 2.24) is 24.6 Å². The number of carbonyl (C=O) groups excluding carboxylic acids is 1. The zero-order valence-electron chi connectivity index (χ0n) is 15.5. The molecule has 0 N–H and O–H groups in total. The molecular weight excluding hydrogens is 338 g/mol. The van der Waals surface area contributed by atoms with Crippen molar-refractivity contribution in [2.45, 2.75) is 6.92 Å². The van der Waals surface area contributed by atoms with Gasteiger partial charge in [-0.25, -0.2) is 0 Å². The van der Waals surface area contributed by atoms with Crippen LogP contribution in [0.5, 0.6) is 0 Å². The van der Waals surface area contributed by atoms with Gasteiger partial charge in [-0.3, -0.25) is 9.36 Å². The Kier molecular flexibility index (Phi) is 4.98. The number of nitrogens with zero attached hydrogens (tertiary/aromatic N) is 5. The van der Waals surface area contributed by atoms with Crippen LogP contribution < -0.4 is 0 Å². The Labute approximate surface area is 159 Å². The van der Waals surface area contributed by atoms with E-state index in [0.29, 0.717) is 0 Å². The maximum atomic E-state index is 12.7. The Morgan fingerprint density at radius 2 is 1.63 bits per heavy atom. The minimum atomic E-state index is 0.121. The monoisotopic (exact) mass is 361 g/mol. The van der Waals surface area contributed by atoms with Crippen molar-refractivity contribution in [3.05, 3.63) is 66.7 Å². The van der Waals surface area contributed by atoms with Crippen molar-refractivity contribution in [2.75, 3.05) is 32.7 Å². The van der Waals surface area contributed by atoms with E-state index in [2.05, 4.69) is 34.2 Å². The molecule has 0 aliphatic carbocycles. The van der Waals surface area contributed by atoms with Gasteiger partial charge in [0.05, 0.1) is 0 Å². The second-order valence-corrected chi connectivity index (χ2v) is 6.72. The Bertz CT molecular complexity index is 897. The first-order valence-electron chi connectivity index (χ1n) is 9.32. The van der Waals surface area contributed by atoms with E-state index >= 15 is 0 Å². The molecule has 6 heteroatoms. The predicted octanol–water partition coefficient (Wildman–Crippen LogP) is 2.71. The predicted molar refractivity (Wildman–Crippen MR) is 105 cm³/mol. The van der Waals surface area contributed by atoms with Crippen LogP contribution in [0, 0.1) is 0 Å². The van der Waals surface area contributed by atoms with Crippen molar-refractivity contribution < 1.29 is 4.79 Å². The Balaban J connectivity index is 1.49. The third kappa shape index (κ3) is 3.75. The molecule has 0 radical (unpaired) electrons. The number of rotatable bonds is 4. The molecule has 2 aromatic carbocycles. The van der Waals surface area contributed by atoms with Crippen LogP contribution in [0.2, 0.25) is 0 Å². The summed E-state index contributed by atoms with van der Waals surface area (Å²) in [5.41, 5.74) is 3.93. The van der Waals surface area contributed by atoms with Gasteiger partial charge in [0.2, 0.25) is 0 Å². The van der Waals surface area contributed by atoms with E-state index in [1.807, 2.05) is 45.9 Å². The van der Waals surface area contributed by atoms with Gasteiger partial charge >= 0.3 is 0 Å². The van der Waals surface area contributed by atoms with Gasteiger partial charge in [0.25, 0.3) is 5.91 Å². The molecule has 1 fully saturated rings. The van der Waals surface area contributed by atoms with Gasteiger partial charge in [-0.15, -0.1) is 10.2 Å². The molecule has 6 nitrogen and oxygen atoms in total. The highest BCUT2D eigenvalue weighted by Crippen LogP contribution is 2.23. The number of hydrogen-bond acceptors (Lipinski definition) is 4. The molecule has 0 bridgehead atoms. The van der Waals surface area contributed by atoms with Crippen molar-refractivity contribution in [3.8, 4) is 16.8 Å². The molecule has 3 aromatic rings. The van der Waals surface area contributed by atoms with Gasteiger partial charge in [0.15, 0.2) is 0 Å². The van der Waals surface area contributed by atoms with E-state index in [4.69, 9.17) is 0 Å². The summed E-state index contributed by atoms with van der Waals surface area (Å²) in [5, 5.41) is 7.71. The molecule has 2 heterocycles. The molecule has 0 saturated carbocycles. The average Bonchev–Trinajstić information content (AvgIpc) is 3.29. The van der Waals surface area contributed by atoms with Gasteiger partial charge < -0.3 is 9.80 Å². The fourth-order valence-corrected chi connectivity index (χ4v) is 3.44. The second-order valence-electron chi connectivity index (χ2n) is 6.72. The normalized spacial score (nSPS) is 15.1. The van der Waals surface area contributed by atoms with Gasteiger partial charge in [0, 0.05) is 37.4 Å². The first-order valence-corrected chi connectivity index (χ1v) is 9.32. The number of aromatic nitrogens is 3. The first kappa shape index (κ1) is 17.4. The van der Waals surface area contributed by atoms with Crippen LogP contribution in [0.4, 0.5) is 0 Å². The Morgan fingerprint density at radius 3 is 2.30 bits per heavy atom. The number of benzene rings is 2. The van der Waals surface area contributed by atoms with E-state index in [0.717, 1.165) is 55.1 Å². The summed E-state index contributed by atoms with van der Waals surface area (Å²) in [6, 6.07) is 16.1. The molecule has 1 saturated heterocycles. The van der Waals surface area contributed by atoms with Crippen LogP contribution in [0.1, 0.15) is 17.3 Å². The van der Waals surface area contributed by atoms with Gasteiger partial charge in [-0.05, 0) is 41.9 Å². The molecular formula is C21H23N5O. The summed E-state index contributed by atoms with van der Waals surface area (Å²) in [6.07, 6.45) is 3.36. The number of amides is 1. The molecule has 0 unspecified atom stereocenters. The smallest absolute Gasteiger partial charge is 0.253 e. The Morgan fingerprint density at radius 1 is 0.926 bits per heavy atom. The van der Waals surface area contributed by atoms with Crippen molar-refractivity contribution in [3.63, 3.8) is 0 Å². The summed E-state index contributed by atoms with van der Waals surface area (Å²) < 4.78 is 1.87. The average molecular weight is 361 g/mol. The molecule has 27 heavy (non-hydrogen) atoms. The molecule has 0 atom stereocenters. The molecule has 1 amide bonds. The molecule has 1 aromatic heterocycles. The van der Waals surface area contributed by atoms with E-state index in [1.54, 1.807) is 12.7 Å². The molecule has 138 valence electrons. The zero-order chi connectivity index (χ0) is 18.6. The molecule has 1 aliphatic heterocycles. The minimum absolute atomic E-state index is 0.121. The lowest BCUT2D eigenvalue weighted by Gasteiger charge is -2.34. The lowest BCUT2D eigenvalue weighted by molar-refractivity contribution is 0.0643. The van der Waals surface area contributed by atoms with Crippen LogP contribution >= 0.6 is 0 Å². The van der Waals surface area contributed by atoms with Crippen LogP contribution in [0.3, 0.4) is 0 Å². The maximum absolute atomic E-state index is 12.7. The largest absolute Gasteiger partial charge is 0.336 e. The van der Waals surface area contributed by atoms with E-state index < -0.39 is 0 Å². The fourth-order valence-electron chi connectivity index (χ4n) is 3.44. The van der Waals surface area contributed by atoms with Gasteiger partial charge in [0.1, 0.15) is 12.7 Å². The van der Waals surface area contributed by atoms with Crippen molar-refractivity contribution in [2.24, 2.45) is 0 Å². The van der Waals surface area contributed by atoms with E-state index in [1.165, 1.54) is 0 Å². The SMILES string of the molecule is CCN1CCN(C(=O)c2ccc(-c3cccc(-n4cnnc4)c3)cc2)CC1. The standard InChI is InChI=1S/C21H23N5O/c1-2-24-10-12-25(13-11-24)21(27)18-8-6-17(7-9-18)19-4-3-5-20(14-19)26-15-22-23-16-26/h3-9,14-16H,2,10-13H2,1H3. The highest BCUT2D eigenvalue weighted by atomic mass is 16.2. The Hall–Kier alpha value is -2.99. The molecule has 0 spiro atoms. The minimum Gasteiger partial charge on any atom is -0.336 e. The molecule has 4 rings (SSSR count). The summed E-state index contributed by atoms with van der Waals surface area (Å²) in [4.78, 5) is 17.1. The fraction of sp³-hybridized carbons (Fsp3) is 0.286. The van der Waals surface area contributed by atoms with E-state index in [-0.39, 0.29) is 5.91 Å².